The standard InChI is InChI=1S/C17H18FNO3/c1-12(2)22-16-10-6-4-8-14(16)19-17(20)11-21-15-9-5-3-7-13(15)18/h3-10,12H,11H2,1-2H3,(H,19,20). The molecule has 0 radical (unpaired) electrons. The molecule has 0 spiro atoms. The molecule has 0 bridgehead atoms. The normalized spacial score (nSPS) is 10.4. The first kappa shape index (κ1) is 15.8. The Morgan fingerprint density at radius 1 is 1.09 bits per heavy atom. The number of benzene rings is 2. The molecule has 0 saturated carbocycles. The van der Waals surface area contributed by atoms with Crippen LogP contribution >= 0.6 is 0 Å². The number of amides is 1. The highest BCUT2D eigenvalue weighted by atomic mass is 19.1. The molecule has 2 aromatic rings. The van der Waals surface area contributed by atoms with Crippen molar-refractivity contribution in [2.24, 2.45) is 0 Å². The summed E-state index contributed by atoms with van der Waals surface area (Å²) in [6, 6.07) is 13.1. The van der Waals surface area contributed by atoms with Gasteiger partial charge in [0.05, 0.1) is 11.8 Å². The Morgan fingerprint density at radius 3 is 2.41 bits per heavy atom. The van der Waals surface area contributed by atoms with E-state index in [1.807, 2.05) is 19.9 Å². The van der Waals surface area contributed by atoms with Gasteiger partial charge in [-0.05, 0) is 38.1 Å². The Balaban J connectivity index is 1.96. The van der Waals surface area contributed by atoms with E-state index in [0.29, 0.717) is 11.4 Å². The van der Waals surface area contributed by atoms with Crippen molar-refractivity contribution in [1.29, 1.82) is 0 Å². The number of hydrogen-bond acceptors (Lipinski definition) is 3. The molecule has 0 unspecified atom stereocenters. The maximum Gasteiger partial charge on any atom is 0.262 e. The van der Waals surface area contributed by atoms with Crippen LogP contribution in [0.3, 0.4) is 0 Å². The molecule has 116 valence electrons. The van der Waals surface area contributed by atoms with Crippen LogP contribution in [0.25, 0.3) is 0 Å². The predicted octanol–water partition coefficient (Wildman–Crippen LogP) is 3.63. The summed E-state index contributed by atoms with van der Waals surface area (Å²) in [4.78, 5) is 11.9. The van der Waals surface area contributed by atoms with Gasteiger partial charge in [0.2, 0.25) is 0 Å². The zero-order valence-electron chi connectivity index (χ0n) is 12.5. The van der Waals surface area contributed by atoms with Gasteiger partial charge < -0.3 is 14.8 Å². The molecule has 0 aliphatic rings. The Labute approximate surface area is 128 Å². The zero-order valence-corrected chi connectivity index (χ0v) is 12.5. The monoisotopic (exact) mass is 303 g/mol. The average Bonchev–Trinajstić information content (AvgIpc) is 2.48. The molecule has 0 aliphatic heterocycles. The minimum atomic E-state index is -0.501. The van der Waals surface area contributed by atoms with Crippen LogP contribution in [0, 0.1) is 5.82 Å². The van der Waals surface area contributed by atoms with Crippen molar-refractivity contribution in [2.45, 2.75) is 20.0 Å². The van der Waals surface area contributed by atoms with Crippen LogP contribution in [0.4, 0.5) is 10.1 Å². The largest absolute Gasteiger partial charge is 0.489 e. The fourth-order valence-electron chi connectivity index (χ4n) is 1.82. The molecule has 2 rings (SSSR count). The minimum Gasteiger partial charge on any atom is -0.489 e. The van der Waals surface area contributed by atoms with Crippen LogP contribution in [-0.4, -0.2) is 18.6 Å². The molecule has 22 heavy (non-hydrogen) atoms. The van der Waals surface area contributed by atoms with Gasteiger partial charge in [0.15, 0.2) is 18.2 Å². The minimum absolute atomic E-state index is 0.00674. The summed E-state index contributed by atoms with van der Waals surface area (Å²) in [5.74, 6) is -0.261. The third-order valence-corrected chi connectivity index (χ3v) is 2.72. The van der Waals surface area contributed by atoms with Gasteiger partial charge in [-0.1, -0.05) is 24.3 Å². The molecular weight excluding hydrogens is 285 g/mol. The van der Waals surface area contributed by atoms with Crippen molar-refractivity contribution >= 4 is 11.6 Å². The van der Waals surface area contributed by atoms with Gasteiger partial charge in [-0.2, -0.15) is 0 Å². The fourth-order valence-corrected chi connectivity index (χ4v) is 1.82. The number of carbonyl (C=O) groups is 1. The van der Waals surface area contributed by atoms with Gasteiger partial charge in [0.25, 0.3) is 5.91 Å². The molecule has 4 nitrogen and oxygen atoms in total. The second-order valence-corrected chi connectivity index (χ2v) is 4.93. The lowest BCUT2D eigenvalue weighted by molar-refractivity contribution is -0.118. The van der Waals surface area contributed by atoms with Crippen molar-refractivity contribution < 1.29 is 18.7 Å². The first-order chi connectivity index (χ1) is 10.6. The van der Waals surface area contributed by atoms with Crippen LogP contribution in [0.1, 0.15) is 13.8 Å². The topological polar surface area (TPSA) is 47.6 Å². The Kier molecular flexibility index (Phi) is 5.36. The van der Waals surface area contributed by atoms with E-state index in [9.17, 15) is 9.18 Å². The summed E-state index contributed by atoms with van der Waals surface area (Å²) in [6.45, 7) is 3.52. The van der Waals surface area contributed by atoms with E-state index in [-0.39, 0.29) is 24.4 Å². The second kappa shape index (κ2) is 7.45. The first-order valence-electron chi connectivity index (χ1n) is 6.99. The number of para-hydroxylation sites is 3. The summed E-state index contributed by atoms with van der Waals surface area (Å²) in [6.07, 6.45) is -0.00674. The summed E-state index contributed by atoms with van der Waals surface area (Å²) in [7, 11) is 0. The van der Waals surface area contributed by atoms with Crippen molar-refractivity contribution in [3.8, 4) is 11.5 Å². The third-order valence-electron chi connectivity index (χ3n) is 2.72. The van der Waals surface area contributed by atoms with Gasteiger partial charge in [0, 0.05) is 0 Å². The van der Waals surface area contributed by atoms with Crippen LogP contribution in [0.15, 0.2) is 48.5 Å². The Morgan fingerprint density at radius 2 is 1.73 bits per heavy atom. The molecule has 0 aliphatic carbocycles. The first-order valence-corrected chi connectivity index (χ1v) is 6.99. The van der Waals surface area contributed by atoms with Gasteiger partial charge in [-0.15, -0.1) is 0 Å². The SMILES string of the molecule is CC(C)Oc1ccccc1NC(=O)COc1ccccc1F. The molecule has 1 N–H and O–H groups in total. The maximum atomic E-state index is 13.4. The highest BCUT2D eigenvalue weighted by molar-refractivity contribution is 5.93. The fraction of sp³-hybridized carbons (Fsp3) is 0.235. The van der Waals surface area contributed by atoms with Gasteiger partial charge >= 0.3 is 0 Å². The third kappa shape index (κ3) is 4.48. The van der Waals surface area contributed by atoms with Crippen LogP contribution in [0.5, 0.6) is 11.5 Å². The summed E-state index contributed by atoms with van der Waals surface area (Å²) >= 11 is 0. The van der Waals surface area contributed by atoms with Gasteiger partial charge in [-0.25, -0.2) is 4.39 Å². The quantitative estimate of drug-likeness (QED) is 0.886. The lowest BCUT2D eigenvalue weighted by Gasteiger charge is -2.15. The maximum absolute atomic E-state index is 13.4. The number of anilines is 1. The second-order valence-electron chi connectivity index (χ2n) is 4.93. The number of carbonyl (C=O) groups excluding carboxylic acids is 1. The zero-order chi connectivity index (χ0) is 15.9. The smallest absolute Gasteiger partial charge is 0.262 e. The highest BCUT2D eigenvalue weighted by Gasteiger charge is 2.10. The molecule has 0 fully saturated rings. The molecule has 0 atom stereocenters. The van der Waals surface area contributed by atoms with E-state index in [1.165, 1.54) is 12.1 Å². The Hall–Kier alpha value is -2.56. The van der Waals surface area contributed by atoms with E-state index < -0.39 is 5.82 Å². The molecule has 2 aromatic carbocycles. The summed E-state index contributed by atoms with van der Waals surface area (Å²) in [5, 5.41) is 2.69. The number of rotatable bonds is 6. The molecule has 5 heteroatoms. The molecule has 0 saturated heterocycles. The number of nitrogens with one attached hydrogen (secondary N) is 1. The van der Waals surface area contributed by atoms with Crippen LogP contribution in [0.2, 0.25) is 0 Å². The summed E-state index contributed by atoms with van der Waals surface area (Å²) < 4.78 is 24.2. The molecular formula is C17H18FNO3. The summed E-state index contributed by atoms with van der Waals surface area (Å²) in [5.41, 5.74) is 0.554. The predicted molar refractivity (Wildman–Crippen MR) is 82.7 cm³/mol. The van der Waals surface area contributed by atoms with Crippen molar-refractivity contribution in [2.75, 3.05) is 11.9 Å². The highest BCUT2D eigenvalue weighted by Crippen LogP contribution is 2.24. The molecule has 0 heterocycles. The van der Waals surface area contributed by atoms with E-state index in [0.717, 1.165) is 0 Å². The van der Waals surface area contributed by atoms with E-state index in [4.69, 9.17) is 9.47 Å². The van der Waals surface area contributed by atoms with Crippen molar-refractivity contribution in [3.05, 3.63) is 54.3 Å². The van der Waals surface area contributed by atoms with Crippen molar-refractivity contribution in [3.63, 3.8) is 0 Å². The number of ether oxygens (including phenoxy) is 2. The van der Waals surface area contributed by atoms with E-state index in [2.05, 4.69) is 5.32 Å². The molecule has 0 aromatic heterocycles. The number of hydrogen-bond donors (Lipinski definition) is 1. The van der Waals surface area contributed by atoms with Crippen LogP contribution < -0.4 is 14.8 Å². The van der Waals surface area contributed by atoms with Gasteiger partial charge in [-0.3, -0.25) is 4.79 Å². The van der Waals surface area contributed by atoms with Gasteiger partial charge in [0.1, 0.15) is 5.75 Å². The average molecular weight is 303 g/mol. The lowest BCUT2D eigenvalue weighted by Crippen LogP contribution is -2.21. The van der Waals surface area contributed by atoms with E-state index >= 15 is 0 Å². The Bertz CT molecular complexity index is 643. The van der Waals surface area contributed by atoms with Crippen molar-refractivity contribution in [1.82, 2.24) is 0 Å². The lowest BCUT2D eigenvalue weighted by atomic mass is 10.3. The van der Waals surface area contributed by atoms with E-state index in [1.54, 1.807) is 30.3 Å². The molecule has 1 amide bonds. The number of halogens is 1. The van der Waals surface area contributed by atoms with Crippen LogP contribution in [-0.2, 0) is 4.79 Å².